The molecule has 16 heavy (non-hydrogen) atoms. The molecule has 3 nitrogen and oxygen atoms in total. The van der Waals surface area contributed by atoms with Gasteiger partial charge in [0.15, 0.2) is 0 Å². The van der Waals surface area contributed by atoms with Crippen LogP contribution in [0.1, 0.15) is 46.0 Å². The van der Waals surface area contributed by atoms with Crippen molar-refractivity contribution < 1.29 is 4.74 Å². The Kier molecular flexibility index (Phi) is 7.01. The number of unbranched alkanes of at least 4 members (excludes halogenated alkanes) is 4. The average molecular weight is 228 g/mol. The van der Waals surface area contributed by atoms with Gasteiger partial charge in [0.05, 0.1) is 12.7 Å². The van der Waals surface area contributed by atoms with Crippen molar-refractivity contribution in [2.75, 3.05) is 26.2 Å². The summed E-state index contributed by atoms with van der Waals surface area (Å²) in [6.07, 6.45) is 6.90. The summed E-state index contributed by atoms with van der Waals surface area (Å²) < 4.78 is 5.62. The van der Waals surface area contributed by atoms with Crippen LogP contribution in [0.3, 0.4) is 0 Å². The molecule has 0 aromatic carbocycles. The van der Waals surface area contributed by atoms with E-state index < -0.39 is 0 Å². The summed E-state index contributed by atoms with van der Waals surface area (Å²) in [5, 5.41) is 0. The molecule has 1 rings (SSSR count). The first-order valence-electron chi connectivity index (χ1n) is 6.79. The van der Waals surface area contributed by atoms with Gasteiger partial charge in [-0.3, -0.25) is 4.90 Å². The van der Waals surface area contributed by atoms with Crippen LogP contribution in [0.4, 0.5) is 0 Å². The molecule has 0 radical (unpaired) electrons. The maximum Gasteiger partial charge on any atom is 0.0674 e. The standard InChI is InChI=1S/C13H28N2O/c1-12-11-16-13(2)10-15(12)9-7-5-3-4-6-8-14/h12-13H,3-11,14H2,1-2H3. The van der Waals surface area contributed by atoms with Crippen molar-refractivity contribution in [3.63, 3.8) is 0 Å². The van der Waals surface area contributed by atoms with Gasteiger partial charge in [0.25, 0.3) is 0 Å². The number of hydrogen-bond donors (Lipinski definition) is 1. The Bertz CT molecular complexity index is 175. The number of nitrogens with two attached hydrogens (primary N) is 1. The first-order valence-corrected chi connectivity index (χ1v) is 6.79. The molecule has 2 atom stereocenters. The summed E-state index contributed by atoms with van der Waals surface area (Å²) in [7, 11) is 0. The van der Waals surface area contributed by atoms with Crippen LogP contribution in [0.5, 0.6) is 0 Å². The molecule has 2 N–H and O–H groups in total. The molecule has 1 aliphatic heterocycles. The van der Waals surface area contributed by atoms with Crippen molar-refractivity contribution in [1.29, 1.82) is 0 Å². The highest BCUT2D eigenvalue weighted by atomic mass is 16.5. The van der Waals surface area contributed by atoms with Crippen LogP contribution in [0.2, 0.25) is 0 Å². The lowest BCUT2D eigenvalue weighted by Gasteiger charge is -2.36. The zero-order chi connectivity index (χ0) is 11.8. The Morgan fingerprint density at radius 3 is 2.56 bits per heavy atom. The van der Waals surface area contributed by atoms with Crippen molar-refractivity contribution in [3.8, 4) is 0 Å². The second-order valence-electron chi connectivity index (χ2n) is 5.04. The maximum atomic E-state index is 5.62. The van der Waals surface area contributed by atoms with Gasteiger partial charge in [-0.1, -0.05) is 19.3 Å². The van der Waals surface area contributed by atoms with Gasteiger partial charge in [0.2, 0.25) is 0 Å². The molecule has 0 aliphatic carbocycles. The van der Waals surface area contributed by atoms with E-state index in [1.807, 2.05) is 0 Å². The monoisotopic (exact) mass is 228 g/mol. The first kappa shape index (κ1) is 13.9. The molecule has 0 amide bonds. The van der Waals surface area contributed by atoms with Gasteiger partial charge in [-0.25, -0.2) is 0 Å². The molecule has 0 spiro atoms. The van der Waals surface area contributed by atoms with E-state index in [9.17, 15) is 0 Å². The van der Waals surface area contributed by atoms with Crippen LogP contribution < -0.4 is 5.73 Å². The lowest BCUT2D eigenvalue weighted by molar-refractivity contribution is -0.0496. The molecule has 96 valence electrons. The molecule has 1 fully saturated rings. The average Bonchev–Trinajstić information content (AvgIpc) is 2.28. The molecular formula is C13H28N2O. The Hall–Kier alpha value is -0.120. The smallest absolute Gasteiger partial charge is 0.0674 e. The van der Waals surface area contributed by atoms with E-state index in [2.05, 4.69) is 18.7 Å². The molecule has 0 bridgehead atoms. The van der Waals surface area contributed by atoms with E-state index in [-0.39, 0.29) is 0 Å². The van der Waals surface area contributed by atoms with Gasteiger partial charge < -0.3 is 10.5 Å². The SMILES string of the molecule is CC1CN(CCCCCCCN)C(C)CO1. The number of rotatable bonds is 7. The Morgan fingerprint density at radius 2 is 1.81 bits per heavy atom. The van der Waals surface area contributed by atoms with Crippen LogP contribution in [-0.4, -0.2) is 43.3 Å². The summed E-state index contributed by atoms with van der Waals surface area (Å²) in [6.45, 7) is 8.51. The van der Waals surface area contributed by atoms with Crippen molar-refractivity contribution in [3.05, 3.63) is 0 Å². The van der Waals surface area contributed by atoms with Gasteiger partial charge in [-0.15, -0.1) is 0 Å². The van der Waals surface area contributed by atoms with Crippen LogP contribution in [0.25, 0.3) is 0 Å². The fraction of sp³-hybridized carbons (Fsp3) is 1.00. The zero-order valence-electron chi connectivity index (χ0n) is 11.0. The molecule has 1 aliphatic rings. The predicted octanol–water partition coefficient (Wildman–Crippen LogP) is 2.00. The molecule has 1 heterocycles. The van der Waals surface area contributed by atoms with Crippen molar-refractivity contribution in [1.82, 2.24) is 4.90 Å². The van der Waals surface area contributed by atoms with Crippen molar-refractivity contribution in [2.24, 2.45) is 5.73 Å². The van der Waals surface area contributed by atoms with Crippen molar-refractivity contribution >= 4 is 0 Å². The minimum Gasteiger partial charge on any atom is -0.376 e. The number of ether oxygens (including phenoxy) is 1. The Morgan fingerprint density at radius 1 is 1.12 bits per heavy atom. The topological polar surface area (TPSA) is 38.5 Å². The normalized spacial score (nSPS) is 27.2. The fourth-order valence-corrected chi connectivity index (χ4v) is 2.27. The van der Waals surface area contributed by atoms with Crippen molar-refractivity contribution in [2.45, 2.75) is 58.1 Å². The number of nitrogens with zero attached hydrogens (tertiary/aromatic N) is 1. The summed E-state index contributed by atoms with van der Waals surface area (Å²) in [4.78, 5) is 2.57. The quantitative estimate of drug-likeness (QED) is 0.677. The number of morpholine rings is 1. The molecule has 2 unspecified atom stereocenters. The van der Waals surface area contributed by atoms with Crippen LogP contribution in [0, 0.1) is 0 Å². The summed E-state index contributed by atoms with van der Waals surface area (Å²) in [6, 6.07) is 0.597. The first-order chi connectivity index (χ1) is 7.74. The van der Waals surface area contributed by atoms with E-state index in [0.29, 0.717) is 12.1 Å². The highest BCUT2D eigenvalue weighted by Gasteiger charge is 2.22. The van der Waals surface area contributed by atoms with E-state index in [1.54, 1.807) is 0 Å². The second kappa shape index (κ2) is 8.04. The fourth-order valence-electron chi connectivity index (χ4n) is 2.27. The minimum absolute atomic E-state index is 0.411. The zero-order valence-corrected chi connectivity index (χ0v) is 11.0. The van der Waals surface area contributed by atoms with Gasteiger partial charge >= 0.3 is 0 Å². The Labute approximate surface area is 100 Å². The lowest BCUT2D eigenvalue weighted by Crippen LogP contribution is -2.47. The second-order valence-corrected chi connectivity index (χ2v) is 5.04. The van der Waals surface area contributed by atoms with Gasteiger partial charge in [-0.05, 0) is 39.8 Å². The van der Waals surface area contributed by atoms with Crippen LogP contribution in [-0.2, 0) is 4.74 Å². The van der Waals surface area contributed by atoms with Crippen LogP contribution in [0.15, 0.2) is 0 Å². The maximum absolute atomic E-state index is 5.62. The molecule has 0 aromatic heterocycles. The molecule has 3 heteroatoms. The predicted molar refractivity (Wildman–Crippen MR) is 68.6 cm³/mol. The number of hydrogen-bond acceptors (Lipinski definition) is 3. The summed E-state index contributed by atoms with van der Waals surface area (Å²) in [5.74, 6) is 0. The Balaban J connectivity index is 2.02. The molecule has 0 aromatic rings. The van der Waals surface area contributed by atoms with Gasteiger partial charge in [-0.2, -0.15) is 0 Å². The van der Waals surface area contributed by atoms with Gasteiger partial charge in [0, 0.05) is 12.6 Å². The van der Waals surface area contributed by atoms with Gasteiger partial charge in [0.1, 0.15) is 0 Å². The van der Waals surface area contributed by atoms with Crippen LogP contribution >= 0.6 is 0 Å². The van der Waals surface area contributed by atoms with E-state index >= 15 is 0 Å². The summed E-state index contributed by atoms with van der Waals surface area (Å²) >= 11 is 0. The minimum atomic E-state index is 0.411. The molecule has 0 saturated carbocycles. The van der Waals surface area contributed by atoms with E-state index in [0.717, 1.165) is 19.7 Å². The van der Waals surface area contributed by atoms with E-state index in [1.165, 1.54) is 38.6 Å². The summed E-state index contributed by atoms with van der Waals surface area (Å²) in [5.41, 5.74) is 5.47. The highest BCUT2D eigenvalue weighted by molar-refractivity contribution is 4.74. The largest absolute Gasteiger partial charge is 0.376 e. The molecule has 1 saturated heterocycles. The van der Waals surface area contributed by atoms with E-state index in [4.69, 9.17) is 10.5 Å². The third-order valence-corrected chi connectivity index (χ3v) is 3.39. The third kappa shape index (κ3) is 5.28. The lowest BCUT2D eigenvalue weighted by atomic mass is 10.1. The highest BCUT2D eigenvalue weighted by Crippen LogP contribution is 2.13. The third-order valence-electron chi connectivity index (χ3n) is 3.39. The molecular weight excluding hydrogens is 200 g/mol.